The van der Waals surface area contributed by atoms with Gasteiger partial charge in [0.1, 0.15) is 5.75 Å². The van der Waals surface area contributed by atoms with Crippen LogP contribution in [0.5, 0.6) is 17.2 Å². The Morgan fingerprint density at radius 3 is 2.96 bits per heavy atom. The van der Waals surface area contributed by atoms with Gasteiger partial charge in [-0.1, -0.05) is 23.7 Å². The van der Waals surface area contributed by atoms with Crippen molar-refractivity contribution in [3.05, 3.63) is 52.0 Å². The first-order chi connectivity index (χ1) is 13.2. The summed E-state index contributed by atoms with van der Waals surface area (Å²) in [6, 6.07) is 10.4. The summed E-state index contributed by atoms with van der Waals surface area (Å²) in [6.07, 6.45) is 2.02. The fourth-order valence-corrected chi connectivity index (χ4v) is 3.88. The third-order valence-electron chi connectivity index (χ3n) is 5.19. The van der Waals surface area contributed by atoms with E-state index in [1.807, 2.05) is 18.2 Å². The zero-order chi connectivity index (χ0) is 18.8. The highest BCUT2D eigenvalue weighted by molar-refractivity contribution is 6.32. The van der Waals surface area contributed by atoms with E-state index in [0.717, 1.165) is 36.4 Å². The van der Waals surface area contributed by atoms with Gasteiger partial charge in [0.05, 0.1) is 24.8 Å². The van der Waals surface area contributed by atoms with E-state index in [9.17, 15) is 0 Å². The van der Waals surface area contributed by atoms with Crippen molar-refractivity contribution in [1.29, 1.82) is 0 Å². The van der Waals surface area contributed by atoms with Gasteiger partial charge in [-0.15, -0.1) is 0 Å². The molecule has 2 aliphatic rings. The van der Waals surface area contributed by atoms with E-state index in [-0.39, 0.29) is 6.10 Å². The molecule has 6 heteroatoms. The highest BCUT2D eigenvalue weighted by Gasteiger charge is 2.30. The number of nitrogens with one attached hydrogen (secondary N) is 1. The molecule has 0 spiro atoms. The molecule has 0 aliphatic carbocycles. The zero-order valence-electron chi connectivity index (χ0n) is 15.6. The number of aryl methyl sites for hydroxylation is 1. The van der Waals surface area contributed by atoms with E-state index >= 15 is 0 Å². The van der Waals surface area contributed by atoms with E-state index in [2.05, 4.69) is 24.4 Å². The van der Waals surface area contributed by atoms with Crippen LogP contribution in [0.25, 0.3) is 0 Å². The Morgan fingerprint density at radius 2 is 2.15 bits per heavy atom. The Hall–Kier alpha value is -1.95. The SMILES string of the molecule is COc1ccc(CCC(C)NCC2OCc3c2ccc2c3OCO2)cc1Cl. The van der Waals surface area contributed by atoms with Crippen molar-refractivity contribution in [1.82, 2.24) is 5.32 Å². The molecule has 2 aromatic carbocycles. The first-order valence-corrected chi connectivity index (χ1v) is 9.62. The number of hydrogen-bond acceptors (Lipinski definition) is 5. The van der Waals surface area contributed by atoms with Crippen molar-refractivity contribution >= 4 is 11.6 Å². The first kappa shape index (κ1) is 18.4. The number of benzene rings is 2. The molecule has 0 bridgehead atoms. The maximum Gasteiger partial charge on any atom is 0.231 e. The lowest BCUT2D eigenvalue weighted by Crippen LogP contribution is -2.30. The number of halogens is 1. The number of ether oxygens (including phenoxy) is 4. The van der Waals surface area contributed by atoms with Crippen molar-refractivity contribution in [3.8, 4) is 17.2 Å². The molecule has 144 valence electrons. The summed E-state index contributed by atoms with van der Waals surface area (Å²) in [5.41, 5.74) is 3.53. The Kier molecular flexibility index (Phi) is 5.43. The van der Waals surface area contributed by atoms with Crippen molar-refractivity contribution in [2.75, 3.05) is 20.4 Å². The molecule has 0 fully saturated rings. The van der Waals surface area contributed by atoms with Crippen LogP contribution in [-0.2, 0) is 17.8 Å². The quantitative estimate of drug-likeness (QED) is 0.766. The predicted molar refractivity (Wildman–Crippen MR) is 104 cm³/mol. The van der Waals surface area contributed by atoms with Crippen molar-refractivity contribution in [3.63, 3.8) is 0 Å². The maximum atomic E-state index is 6.20. The van der Waals surface area contributed by atoms with Gasteiger partial charge in [-0.3, -0.25) is 0 Å². The molecule has 0 aromatic heterocycles. The normalized spacial score (nSPS) is 18.4. The van der Waals surface area contributed by atoms with E-state index in [1.165, 1.54) is 11.1 Å². The minimum atomic E-state index is 0.0485. The van der Waals surface area contributed by atoms with Crippen LogP contribution in [0.3, 0.4) is 0 Å². The van der Waals surface area contributed by atoms with Gasteiger partial charge in [0.2, 0.25) is 6.79 Å². The minimum absolute atomic E-state index is 0.0485. The molecule has 2 aliphatic heterocycles. The fraction of sp³-hybridized carbons (Fsp3) is 0.429. The van der Waals surface area contributed by atoms with Gasteiger partial charge in [0, 0.05) is 18.2 Å². The first-order valence-electron chi connectivity index (χ1n) is 9.24. The standard InChI is InChI=1S/C21H24ClNO4/c1-13(3-4-14-5-7-18(24-2)17(22)9-14)23-10-20-15-6-8-19-21(27-12-26-19)16(15)11-25-20/h5-9,13,20,23H,3-4,10-12H2,1-2H3. The lowest BCUT2D eigenvalue weighted by atomic mass is 10.0. The van der Waals surface area contributed by atoms with E-state index in [4.69, 9.17) is 30.5 Å². The van der Waals surface area contributed by atoms with Crippen molar-refractivity contribution in [2.45, 2.75) is 38.5 Å². The molecule has 0 radical (unpaired) electrons. The van der Waals surface area contributed by atoms with Gasteiger partial charge in [-0.2, -0.15) is 0 Å². The van der Waals surface area contributed by atoms with Crippen LogP contribution < -0.4 is 19.5 Å². The lowest BCUT2D eigenvalue weighted by molar-refractivity contribution is 0.0633. The Labute approximate surface area is 164 Å². The van der Waals surface area contributed by atoms with E-state index < -0.39 is 0 Å². The summed E-state index contributed by atoms with van der Waals surface area (Å²) in [6.45, 7) is 3.84. The Bertz CT molecular complexity index is 826. The highest BCUT2D eigenvalue weighted by Crippen LogP contribution is 2.44. The Balaban J connectivity index is 1.29. The molecule has 0 saturated heterocycles. The molecule has 27 heavy (non-hydrogen) atoms. The van der Waals surface area contributed by atoms with Crippen LogP contribution in [-0.4, -0.2) is 26.5 Å². The molecule has 1 N–H and O–H groups in total. The Morgan fingerprint density at radius 1 is 1.26 bits per heavy atom. The van der Waals surface area contributed by atoms with E-state index in [0.29, 0.717) is 30.2 Å². The molecular formula is C21H24ClNO4. The molecule has 5 nitrogen and oxygen atoms in total. The molecule has 0 saturated carbocycles. The van der Waals surface area contributed by atoms with Crippen LogP contribution in [0.1, 0.15) is 36.1 Å². The van der Waals surface area contributed by atoms with Gasteiger partial charge in [-0.05, 0) is 49.1 Å². The number of hydrogen-bond donors (Lipinski definition) is 1. The van der Waals surface area contributed by atoms with Gasteiger partial charge in [-0.25, -0.2) is 0 Å². The lowest BCUT2D eigenvalue weighted by Gasteiger charge is -2.18. The minimum Gasteiger partial charge on any atom is -0.495 e. The van der Waals surface area contributed by atoms with Crippen LogP contribution in [0.2, 0.25) is 5.02 Å². The second-order valence-electron chi connectivity index (χ2n) is 6.98. The topological polar surface area (TPSA) is 49.0 Å². The van der Waals surface area contributed by atoms with Gasteiger partial charge < -0.3 is 24.3 Å². The predicted octanol–water partition coefficient (Wildman–Crippen LogP) is 4.26. The fourth-order valence-electron chi connectivity index (χ4n) is 3.60. The molecule has 4 rings (SSSR count). The van der Waals surface area contributed by atoms with Gasteiger partial charge >= 0.3 is 0 Å². The van der Waals surface area contributed by atoms with Crippen LogP contribution in [0.15, 0.2) is 30.3 Å². The highest BCUT2D eigenvalue weighted by atomic mass is 35.5. The molecule has 2 atom stereocenters. The zero-order valence-corrected chi connectivity index (χ0v) is 16.3. The molecule has 0 amide bonds. The van der Waals surface area contributed by atoms with Gasteiger partial charge in [0.25, 0.3) is 0 Å². The van der Waals surface area contributed by atoms with Crippen LogP contribution >= 0.6 is 11.6 Å². The number of fused-ring (bicyclic) bond motifs is 3. The monoisotopic (exact) mass is 389 g/mol. The second-order valence-corrected chi connectivity index (χ2v) is 7.39. The smallest absolute Gasteiger partial charge is 0.231 e. The third kappa shape index (κ3) is 3.86. The van der Waals surface area contributed by atoms with Crippen LogP contribution in [0, 0.1) is 0 Å². The summed E-state index contributed by atoms with van der Waals surface area (Å²) in [4.78, 5) is 0. The molecule has 2 heterocycles. The summed E-state index contributed by atoms with van der Waals surface area (Å²) in [5.74, 6) is 2.38. The third-order valence-corrected chi connectivity index (χ3v) is 5.48. The maximum absolute atomic E-state index is 6.20. The molecule has 2 unspecified atom stereocenters. The summed E-state index contributed by atoms with van der Waals surface area (Å²) >= 11 is 6.20. The van der Waals surface area contributed by atoms with E-state index in [1.54, 1.807) is 7.11 Å². The molecule has 2 aromatic rings. The average Bonchev–Trinajstić information content (AvgIpc) is 3.31. The average molecular weight is 390 g/mol. The second kappa shape index (κ2) is 7.97. The summed E-state index contributed by atoms with van der Waals surface area (Å²) in [5, 5.41) is 4.24. The number of methoxy groups -OCH3 is 1. The molecular weight excluding hydrogens is 366 g/mol. The number of rotatable bonds is 7. The van der Waals surface area contributed by atoms with Crippen molar-refractivity contribution < 1.29 is 18.9 Å². The van der Waals surface area contributed by atoms with Gasteiger partial charge in [0.15, 0.2) is 11.5 Å². The van der Waals surface area contributed by atoms with Crippen molar-refractivity contribution in [2.24, 2.45) is 0 Å². The van der Waals surface area contributed by atoms with Crippen LogP contribution in [0.4, 0.5) is 0 Å². The largest absolute Gasteiger partial charge is 0.495 e. The summed E-state index contributed by atoms with van der Waals surface area (Å²) in [7, 11) is 1.63. The summed E-state index contributed by atoms with van der Waals surface area (Å²) < 4.78 is 22.2.